The van der Waals surface area contributed by atoms with E-state index in [2.05, 4.69) is 38.8 Å². The van der Waals surface area contributed by atoms with Crippen LogP contribution in [0.3, 0.4) is 0 Å². The molecule has 0 saturated heterocycles. The van der Waals surface area contributed by atoms with E-state index in [9.17, 15) is 4.79 Å². The molecular formula is C23H34N2O5Si. The van der Waals surface area contributed by atoms with Gasteiger partial charge in [0.05, 0.1) is 6.61 Å². The minimum absolute atomic E-state index is 0.0872. The average Bonchev–Trinajstić information content (AvgIpc) is 2.73. The van der Waals surface area contributed by atoms with Crippen LogP contribution in [-0.2, 0) is 20.5 Å². The van der Waals surface area contributed by atoms with Crippen molar-refractivity contribution in [3.05, 3.63) is 53.7 Å². The standard InChI is InChI=1S/C23H34N2O5Si/c1-23(2,3)31(7,8)29-16-17-14-15-19(24-20(17)21(27-5)28-6)25(4)22(26)30-18-12-10-9-11-13-18/h9-15,21H,16H2,1-8H3. The van der Waals surface area contributed by atoms with Gasteiger partial charge in [-0.2, -0.15) is 0 Å². The lowest BCUT2D eigenvalue weighted by molar-refractivity contribution is -0.109. The first kappa shape index (κ1) is 25.0. The summed E-state index contributed by atoms with van der Waals surface area (Å²) in [5.41, 5.74) is 1.42. The summed E-state index contributed by atoms with van der Waals surface area (Å²) in [4.78, 5) is 18.6. The van der Waals surface area contributed by atoms with E-state index < -0.39 is 20.7 Å². The Morgan fingerprint density at radius 3 is 2.23 bits per heavy atom. The molecule has 0 radical (unpaired) electrons. The van der Waals surface area contributed by atoms with Crippen LogP contribution in [-0.4, -0.2) is 40.7 Å². The molecule has 0 aliphatic carbocycles. The Bertz CT molecular complexity index is 864. The molecule has 1 amide bonds. The van der Waals surface area contributed by atoms with Crippen molar-refractivity contribution >= 4 is 20.2 Å². The highest BCUT2D eigenvalue weighted by atomic mass is 28.4. The molecule has 0 unspecified atom stereocenters. The second kappa shape index (κ2) is 10.4. The molecule has 0 fully saturated rings. The van der Waals surface area contributed by atoms with Gasteiger partial charge in [-0.25, -0.2) is 9.78 Å². The molecule has 1 heterocycles. The second-order valence-corrected chi connectivity index (χ2v) is 13.6. The Balaban J connectivity index is 2.28. The van der Waals surface area contributed by atoms with Gasteiger partial charge >= 0.3 is 6.09 Å². The molecule has 170 valence electrons. The number of pyridine rings is 1. The van der Waals surface area contributed by atoms with E-state index in [4.69, 9.17) is 18.6 Å². The third-order valence-electron chi connectivity index (χ3n) is 5.61. The van der Waals surface area contributed by atoms with Crippen molar-refractivity contribution in [2.24, 2.45) is 0 Å². The number of carbonyl (C=O) groups excluding carboxylic acids is 1. The predicted octanol–water partition coefficient (Wildman–Crippen LogP) is 5.53. The van der Waals surface area contributed by atoms with Crippen LogP contribution in [0.1, 0.15) is 38.3 Å². The summed E-state index contributed by atoms with van der Waals surface area (Å²) in [5.74, 6) is 0.886. The smallest absolute Gasteiger partial charge is 0.412 e. The van der Waals surface area contributed by atoms with Crippen LogP contribution in [0.15, 0.2) is 42.5 Å². The Hall–Kier alpha value is -2.26. The topological polar surface area (TPSA) is 70.1 Å². The van der Waals surface area contributed by atoms with Gasteiger partial charge in [-0.15, -0.1) is 0 Å². The van der Waals surface area contributed by atoms with Gasteiger partial charge in [0.2, 0.25) is 6.29 Å². The maximum atomic E-state index is 12.6. The number of hydrogen-bond acceptors (Lipinski definition) is 6. The van der Waals surface area contributed by atoms with E-state index in [-0.39, 0.29) is 5.04 Å². The lowest BCUT2D eigenvalue weighted by atomic mass is 10.2. The predicted molar refractivity (Wildman–Crippen MR) is 124 cm³/mol. The van der Waals surface area contributed by atoms with Crippen LogP contribution >= 0.6 is 0 Å². The maximum absolute atomic E-state index is 12.6. The van der Waals surface area contributed by atoms with Crippen LogP contribution < -0.4 is 9.64 Å². The Kier molecular flexibility index (Phi) is 8.36. The number of rotatable bonds is 8. The summed E-state index contributed by atoms with van der Waals surface area (Å²) in [5, 5.41) is 0.0872. The Morgan fingerprint density at radius 1 is 1.06 bits per heavy atom. The number of anilines is 1. The molecule has 1 aromatic carbocycles. The minimum atomic E-state index is -1.96. The lowest BCUT2D eigenvalue weighted by Crippen LogP contribution is -2.40. The molecule has 1 aromatic heterocycles. The summed E-state index contributed by atoms with van der Waals surface area (Å²) in [6, 6.07) is 12.6. The monoisotopic (exact) mass is 446 g/mol. The van der Waals surface area contributed by atoms with Crippen LogP contribution in [0.4, 0.5) is 10.6 Å². The van der Waals surface area contributed by atoms with Crippen molar-refractivity contribution in [1.82, 2.24) is 4.98 Å². The summed E-state index contributed by atoms with van der Waals surface area (Å²) < 4.78 is 22.7. The number of nitrogens with zero attached hydrogens (tertiary/aromatic N) is 2. The summed E-state index contributed by atoms with van der Waals surface area (Å²) >= 11 is 0. The number of amides is 1. The first-order chi connectivity index (χ1) is 14.5. The van der Waals surface area contributed by atoms with Gasteiger partial charge in [-0.3, -0.25) is 4.90 Å². The van der Waals surface area contributed by atoms with Crippen molar-refractivity contribution in [2.75, 3.05) is 26.2 Å². The Labute approximate surface area is 186 Å². The Morgan fingerprint density at radius 2 is 1.68 bits per heavy atom. The largest absolute Gasteiger partial charge is 0.420 e. The van der Waals surface area contributed by atoms with Crippen molar-refractivity contribution in [3.63, 3.8) is 0 Å². The molecule has 0 aliphatic heterocycles. The van der Waals surface area contributed by atoms with Gasteiger partial charge in [0.1, 0.15) is 17.3 Å². The molecule has 31 heavy (non-hydrogen) atoms. The van der Waals surface area contributed by atoms with Crippen molar-refractivity contribution < 1.29 is 23.4 Å². The van der Waals surface area contributed by atoms with Gasteiger partial charge in [0.25, 0.3) is 0 Å². The molecule has 0 spiro atoms. The number of hydrogen-bond donors (Lipinski definition) is 0. The van der Waals surface area contributed by atoms with E-state index in [1.807, 2.05) is 12.1 Å². The van der Waals surface area contributed by atoms with Crippen LogP contribution in [0.25, 0.3) is 0 Å². The number of carbonyl (C=O) groups is 1. The van der Waals surface area contributed by atoms with Crippen molar-refractivity contribution in [2.45, 2.75) is 51.8 Å². The fourth-order valence-corrected chi connectivity index (χ4v) is 3.50. The summed E-state index contributed by atoms with van der Waals surface area (Å²) in [6.07, 6.45) is -1.22. The highest BCUT2D eigenvalue weighted by molar-refractivity contribution is 6.74. The number of ether oxygens (including phenoxy) is 3. The average molecular weight is 447 g/mol. The number of methoxy groups -OCH3 is 2. The molecule has 0 bridgehead atoms. The molecule has 2 rings (SSSR count). The first-order valence-corrected chi connectivity index (χ1v) is 13.1. The fourth-order valence-electron chi connectivity index (χ4n) is 2.55. The van der Waals surface area contributed by atoms with Gasteiger partial charge in [-0.05, 0) is 36.3 Å². The van der Waals surface area contributed by atoms with Crippen LogP contribution in [0.2, 0.25) is 18.1 Å². The van der Waals surface area contributed by atoms with Gasteiger partial charge < -0.3 is 18.6 Å². The minimum Gasteiger partial charge on any atom is -0.412 e. The molecule has 7 nitrogen and oxygen atoms in total. The van der Waals surface area contributed by atoms with E-state index >= 15 is 0 Å². The van der Waals surface area contributed by atoms with E-state index in [0.29, 0.717) is 23.9 Å². The third kappa shape index (κ3) is 6.36. The highest BCUT2D eigenvalue weighted by Crippen LogP contribution is 2.37. The van der Waals surface area contributed by atoms with Crippen molar-refractivity contribution in [1.29, 1.82) is 0 Å². The van der Waals surface area contributed by atoms with Gasteiger partial charge in [0, 0.05) is 26.8 Å². The highest BCUT2D eigenvalue weighted by Gasteiger charge is 2.37. The number of aromatic nitrogens is 1. The SMILES string of the molecule is COC(OC)c1nc(N(C)C(=O)Oc2ccccc2)ccc1CO[Si](C)(C)C(C)(C)C. The van der Waals surface area contributed by atoms with Crippen LogP contribution in [0.5, 0.6) is 5.75 Å². The quantitative estimate of drug-likeness (QED) is 0.392. The van der Waals surface area contributed by atoms with E-state index in [0.717, 1.165) is 5.56 Å². The summed E-state index contributed by atoms with van der Waals surface area (Å²) in [7, 11) is 2.75. The van der Waals surface area contributed by atoms with Gasteiger partial charge in [-0.1, -0.05) is 45.0 Å². The first-order valence-electron chi connectivity index (χ1n) is 10.2. The number of benzene rings is 1. The zero-order valence-electron chi connectivity index (χ0n) is 19.8. The van der Waals surface area contributed by atoms with E-state index in [1.165, 1.54) is 4.90 Å². The molecule has 2 aromatic rings. The number of para-hydroxylation sites is 1. The zero-order valence-corrected chi connectivity index (χ0v) is 20.8. The molecule has 0 N–H and O–H groups in total. The van der Waals surface area contributed by atoms with E-state index in [1.54, 1.807) is 51.6 Å². The zero-order chi connectivity index (χ0) is 23.2. The van der Waals surface area contributed by atoms with Crippen molar-refractivity contribution in [3.8, 4) is 5.75 Å². The molecule has 0 atom stereocenters. The molecule has 0 aliphatic rings. The fraction of sp³-hybridized carbons (Fsp3) is 0.478. The van der Waals surface area contributed by atoms with Gasteiger partial charge in [0.15, 0.2) is 8.32 Å². The third-order valence-corrected chi connectivity index (χ3v) is 10.1. The second-order valence-electron chi connectivity index (χ2n) is 8.81. The summed E-state index contributed by atoms with van der Waals surface area (Å²) in [6.45, 7) is 11.4. The molecule has 0 saturated carbocycles. The van der Waals surface area contributed by atoms with Crippen LogP contribution in [0, 0.1) is 0 Å². The maximum Gasteiger partial charge on any atom is 0.420 e. The molecule has 8 heteroatoms. The normalized spacial score (nSPS) is 12.2. The molecular weight excluding hydrogens is 412 g/mol. The lowest BCUT2D eigenvalue weighted by Gasteiger charge is -2.36.